The van der Waals surface area contributed by atoms with E-state index < -0.39 is 5.69 Å². The van der Waals surface area contributed by atoms with Crippen molar-refractivity contribution in [3.8, 4) is 0 Å². The molecule has 0 radical (unpaired) electrons. The molecule has 0 unspecified atom stereocenters. The van der Waals surface area contributed by atoms with Crippen molar-refractivity contribution >= 4 is 45.5 Å². The Morgan fingerprint density at radius 1 is 1.15 bits per heavy atom. The zero-order chi connectivity index (χ0) is 23.4. The molecule has 0 spiro atoms. The summed E-state index contributed by atoms with van der Waals surface area (Å²) in [7, 11) is 0. The Hall–Kier alpha value is -2.67. The van der Waals surface area contributed by atoms with Crippen molar-refractivity contribution < 1.29 is 9.59 Å². The van der Waals surface area contributed by atoms with E-state index in [0.29, 0.717) is 55.6 Å². The first kappa shape index (κ1) is 23.5. The largest absolute Gasteiger partial charge is 0.347 e. The minimum Gasteiger partial charge on any atom is -0.347 e. The Labute approximate surface area is 202 Å². The Kier molecular flexibility index (Phi) is 7.48. The van der Waals surface area contributed by atoms with E-state index in [9.17, 15) is 19.2 Å². The minimum atomic E-state index is -0.498. The van der Waals surface area contributed by atoms with Crippen LogP contribution in [-0.2, 0) is 28.3 Å². The number of nitrogens with one attached hydrogen (secondary N) is 2. The third-order valence-corrected chi connectivity index (χ3v) is 7.06. The van der Waals surface area contributed by atoms with Crippen LogP contribution in [0.3, 0.4) is 0 Å². The molecule has 2 aliphatic heterocycles. The van der Waals surface area contributed by atoms with E-state index in [4.69, 9.17) is 0 Å². The number of carbonyl (C=O) groups is 2. The first-order chi connectivity index (χ1) is 15.9. The average Bonchev–Trinajstić information content (AvgIpc) is 2.83. The molecule has 2 aromatic heterocycles. The van der Waals surface area contributed by atoms with Crippen LogP contribution in [0.1, 0.15) is 17.7 Å². The van der Waals surface area contributed by atoms with Crippen LogP contribution in [-0.4, -0.2) is 74.7 Å². The topological polar surface area (TPSA) is 133 Å². The number of carbonyl (C=O) groups excluding carboxylic acids is 2. The van der Waals surface area contributed by atoms with Crippen molar-refractivity contribution in [3.05, 3.63) is 49.0 Å². The smallest absolute Gasteiger partial charge is 0.328 e. The Bertz CT molecular complexity index is 1140. The molecule has 4 rings (SSSR count). The SMILES string of the molecule is O=C(CCn1c2c(c(=O)[nH]c1=O)CSCC2)NCC(=O)N1CCN(c2ncc(Br)cn2)CC1. The van der Waals surface area contributed by atoms with Gasteiger partial charge in [0.15, 0.2) is 0 Å². The van der Waals surface area contributed by atoms with E-state index in [1.807, 2.05) is 4.90 Å². The molecule has 11 nitrogen and oxygen atoms in total. The van der Waals surface area contributed by atoms with Crippen LogP contribution in [0.25, 0.3) is 0 Å². The van der Waals surface area contributed by atoms with Gasteiger partial charge in [-0.3, -0.25) is 23.9 Å². The Morgan fingerprint density at radius 3 is 2.61 bits per heavy atom. The molecular formula is C20H24BrN7O4S. The highest BCUT2D eigenvalue weighted by Gasteiger charge is 2.23. The number of nitrogens with zero attached hydrogens (tertiary/aromatic N) is 5. The number of aromatic amines is 1. The van der Waals surface area contributed by atoms with Gasteiger partial charge >= 0.3 is 5.69 Å². The summed E-state index contributed by atoms with van der Waals surface area (Å²) in [6.07, 6.45) is 4.04. The molecule has 0 atom stereocenters. The van der Waals surface area contributed by atoms with Crippen LogP contribution in [0.15, 0.2) is 26.5 Å². The number of hydrogen-bond acceptors (Lipinski definition) is 8. The fraction of sp³-hybridized carbons (Fsp3) is 0.500. The second kappa shape index (κ2) is 10.5. The third-order valence-electron chi connectivity index (χ3n) is 5.66. The van der Waals surface area contributed by atoms with E-state index >= 15 is 0 Å². The number of rotatable bonds is 6. The fourth-order valence-electron chi connectivity index (χ4n) is 3.88. The highest BCUT2D eigenvalue weighted by Crippen LogP contribution is 2.20. The van der Waals surface area contributed by atoms with Crippen molar-refractivity contribution in [2.75, 3.05) is 43.4 Å². The quantitative estimate of drug-likeness (QED) is 0.514. The third kappa shape index (κ3) is 5.64. The number of fused-ring (bicyclic) bond motifs is 1. The molecule has 33 heavy (non-hydrogen) atoms. The van der Waals surface area contributed by atoms with Gasteiger partial charge in [-0.2, -0.15) is 11.8 Å². The minimum absolute atomic E-state index is 0.0491. The number of H-pyrrole nitrogens is 1. The van der Waals surface area contributed by atoms with E-state index in [2.05, 4.69) is 36.2 Å². The summed E-state index contributed by atoms with van der Waals surface area (Å²) < 4.78 is 2.28. The summed E-state index contributed by atoms with van der Waals surface area (Å²) >= 11 is 4.96. The lowest BCUT2D eigenvalue weighted by Crippen LogP contribution is -2.51. The number of thioether (sulfide) groups is 1. The van der Waals surface area contributed by atoms with E-state index in [-0.39, 0.29) is 36.9 Å². The predicted octanol–water partition coefficient (Wildman–Crippen LogP) is -0.266. The van der Waals surface area contributed by atoms with Gasteiger partial charge in [0.1, 0.15) is 0 Å². The van der Waals surface area contributed by atoms with Crippen LogP contribution in [0.2, 0.25) is 0 Å². The molecule has 2 amide bonds. The van der Waals surface area contributed by atoms with Gasteiger partial charge in [-0.1, -0.05) is 0 Å². The molecule has 0 aromatic carbocycles. The number of halogens is 1. The monoisotopic (exact) mass is 537 g/mol. The molecule has 13 heteroatoms. The van der Waals surface area contributed by atoms with Crippen LogP contribution < -0.4 is 21.5 Å². The maximum atomic E-state index is 12.5. The second-order valence-electron chi connectivity index (χ2n) is 7.73. The molecule has 0 bridgehead atoms. The van der Waals surface area contributed by atoms with Gasteiger partial charge in [0.05, 0.1) is 11.0 Å². The first-order valence-corrected chi connectivity index (χ1v) is 12.6. The molecule has 1 saturated heterocycles. The van der Waals surface area contributed by atoms with Crippen LogP contribution in [0.4, 0.5) is 5.95 Å². The lowest BCUT2D eigenvalue weighted by molar-refractivity contribution is -0.133. The lowest BCUT2D eigenvalue weighted by Gasteiger charge is -2.34. The Morgan fingerprint density at radius 2 is 1.88 bits per heavy atom. The molecule has 4 heterocycles. The molecule has 2 N–H and O–H groups in total. The fourth-order valence-corrected chi connectivity index (χ4v) is 5.07. The number of piperazine rings is 1. The zero-order valence-corrected chi connectivity index (χ0v) is 20.3. The van der Waals surface area contributed by atoms with Crippen molar-refractivity contribution in [1.29, 1.82) is 0 Å². The van der Waals surface area contributed by atoms with E-state index in [1.165, 1.54) is 4.57 Å². The van der Waals surface area contributed by atoms with Gasteiger partial charge in [0.2, 0.25) is 17.8 Å². The standard InChI is InChI=1S/C20H24BrN7O4S/c21-13-9-23-19(24-10-13)27-6-4-26(5-7-27)17(30)11-22-16(29)1-3-28-15-2-8-33-12-14(15)18(31)25-20(28)32/h9-10H,1-8,11-12H2,(H,22,29)(H,25,31,32). The van der Waals surface area contributed by atoms with Gasteiger partial charge in [0, 0.05) is 68.5 Å². The number of aromatic nitrogens is 4. The highest BCUT2D eigenvalue weighted by atomic mass is 79.9. The van der Waals surface area contributed by atoms with Crippen LogP contribution in [0.5, 0.6) is 0 Å². The molecule has 2 aromatic rings. The summed E-state index contributed by atoms with van der Waals surface area (Å²) in [5.74, 6) is 1.54. The van der Waals surface area contributed by atoms with Crippen molar-refractivity contribution in [1.82, 2.24) is 29.7 Å². The van der Waals surface area contributed by atoms with Gasteiger partial charge in [0.25, 0.3) is 5.56 Å². The van der Waals surface area contributed by atoms with Gasteiger partial charge in [-0.15, -0.1) is 0 Å². The molecule has 0 saturated carbocycles. The molecule has 176 valence electrons. The summed E-state index contributed by atoms with van der Waals surface area (Å²) in [6, 6.07) is 0. The summed E-state index contributed by atoms with van der Waals surface area (Å²) in [5.41, 5.74) is 0.468. The first-order valence-electron chi connectivity index (χ1n) is 10.6. The number of amides is 2. The maximum absolute atomic E-state index is 12.5. The van der Waals surface area contributed by atoms with Crippen molar-refractivity contribution in [3.63, 3.8) is 0 Å². The van der Waals surface area contributed by atoms with Crippen molar-refractivity contribution in [2.45, 2.75) is 25.1 Å². The molecule has 0 aliphatic carbocycles. The van der Waals surface area contributed by atoms with E-state index in [0.717, 1.165) is 10.2 Å². The van der Waals surface area contributed by atoms with Gasteiger partial charge in [-0.05, 0) is 28.1 Å². The van der Waals surface area contributed by atoms with Crippen molar-refractivity contribution in [2.24, 2.45) is 0 Å². The highest BCUT2D eigenvalue weighted by molar-refractivity contribution is 9.10. The number of anilines is 1. The summed E-state index contributed by atoms with van der Waals surface area (Å²) in [6.45, 7) is 2.33. The van der Waals surface area contributed by atoms with Gasteiger partial charge in [-0.25, -0.2) is 14.8 Å². The van der Waals surface area contributed by atoms with Gasteiger partial charge < -0.3 is 15.1 Å². The number of hydrogen-bond donors (Lipinski definition) is 2. The van der Waals surface area contributed by atoms with Crippen LogP contribution in [0, 0.1) is 0 Å². The maximum Gasteiger partial charge on any atom is 0.328 e. The van der Waals surface area contributed by atoms with Crippen LogP contribution >= 0.6 is 27.7 Å². The molecule has 1 fully saturated rings. The van der Waals surface area contributed by atoms with E-state index in [1.54, 1.807) is 29.1 Å². The summed E-state index contributed by atoms with van der Waals surface area (Å²) in [4.78, 5) is 63.7. The zero-order valence-electron chi connectivity index (χ0n) is 17.9. The predicted molar refractivity (Wildman–Crippen MR) is 127 cm³/mol. The molecular weight excluding hydrogens is 514 g/mol. The lowest BCUT2D eigenvalue weighted by atomic mass is 10.2. The summed E-state index contributed by atoms with van der Waals surface area (Å²) in [5, 5.41) is 2.64. The average molecular weight is 538 g/mol. The second-order valence-corrected chi connectivity index (χ2v) is 9.76. The normalized spacial score (nSPS) is 15.8. The molecule has 2 aliphatic rings. The Balaban J connectivity index is 1.24.